The van der Waals surface area contributed by atoms with Gasteiger partial charge in [0.05, 0.1) is 6.61 Å². The molecule has 0 aliphatic heterocycles. The Morgan fingerprint density at radius 2 is 2.29 bits per heavy atom. The van der Waals surface area contributed by atoms with Crippen LogP contribution in [0.25, 0.3) is 0 Å². The second-order valence-corrected chi connectivity index (χ2v) is 4.07. The van der Waals surface area contributed by atoms with Gasteiger partial charge in [0.2, 0.25) is 0 Å². The average Bonchev–Trinajstić information content (AvgIpc) is 2.70. The van der Waals surface area contributed by atoms with Gasteiger partial charge in [-0.2, -0.15) is 0 Å². The number of hydrogen-bond donors (Lipinski definition) is 0. The van der Waals surface area contributed by atoms with Crippen LogP contribution in [-0.4, -0.2) is 18.4 Å². The van der Waals surface area contributed by atoms with E-state index in [4.69, 9.17) is 4.74 Å². The Hall–Kier alpha value is -1.38. The maximum absolute atomic E-state index is 11.3. The van der Waals surface area contributed by atoms with Gasteiger partial charge in [-0.1, -0.05) is 18.2 Å². The monoisotopic (exact) mass is 236 g/mol. The molecule has 0 unspecified atom stereocenters. The summed E-state index contributed by atoms with van der Waals surface area (Å²) in [4.78, 5) is 22.3. The minimum absolute atomic E-state index is 0.120. The van der Waals surface area contributed by atoms with Crippen LogP contribution in [0.5, 0.6) is 0 Å². The van der Waals surface area contributed by atoms with Crippen LogP contribution in [0.2, 0.25) is 0 Å². The maximum atomic E-state index is 11.3. The Labute approximate surface area is 103 Å². The number of esters is 1. The van der Waals surface area contributed by atoms with Crippen LogP contribution < -0.4 is 0 Å². The second-order valence-electron chi connectivity index (χ2n) is 4.07. The number of ether oxygens (including phenoxy) is 1. The maximum Gasteiger partial charge on any atom is 0.305 e. The molecule has 3 heteroatoms. The van der Waals surface area contributed by atoms with Crippen molar-refractivity contribution >= 4 is 11.8 Å². The van der Waals surface area contributed by atoms with Crippen molar-refractivity contribution in [2.75, 3.05) is 6.61 Å². The molecule has 0 atom stereocenters. The molecule has 1 aliphatic carbocycles. The Morgan fingerprint density at radius 1 is 1.47 bits per heavy atom. The number of carbonyl (C=O) groups is 2. The number of ketones is 1. The quantitative estimate of drug-likeness (QED) is 0.504. The molecule has 17 heavy (non-hydrogen) atoms. The van der Waals surface area contributed by atoms with Gasteiger partial charge in [0.25, 0.3) is 0 Å². The number of allylic oxidation sites excluding steroid dienone is 4. The number of Topliss-reactive ketones (excluding diaryl/α,β-unsaturated/α-hetero) is 1. The summed E-state index contributed by atoms with van der Waals surface area (Å²) in [5.41, 5.74) is 0.843. The second kappa shape index (κ2) is 7.82. The van der Waals surface area contributed by atoms with Gasteiger partial charge in [0, 0.05) is 18.4 Å². The zero-order valence-electron chi connectivity index (χ0n) is 10.4. The molecule has 0 N–H and O–H groups in total. The molecular weight excluding hydrogens is 216 g/mol. The highest BCUT2D eigenvalue weighted by Crippen LogP contribution is 2.15. The zero-order valence-corrected chi connectivity index (χ0v) is 10.4. The molecule has 0 saturated heterocycles. The number of unbranched alkanes of at least 4 members (excludes halogenated alkanes) is 2. The van der Waals surface area contributed by atoms with E-state index in [1.54, 1.807) is 0 Å². The van der Waals surface area contributed by atoms with Gasteiger partial charge in [-0.15, -0.1) is 0 Å². The molecule has 0 amide bonds. The third kappa shape index (κ3) is 5.48. The van der Waals surface area contributed by atoms with E-state index in [1.165, 1.54) is 0 Å². The Bertz CT molecular complexity index is 326. The van der Waals surface area contributed by atoms with Crippen molar-refractivity contribution in [3.63, 3.8) is 0 Å². The lowest BCUT2D eigenvalue weighted by Crippen LogP contribution is -2.02. The fourth-order valence-electron chi connectivity index (χ4n) is 1.75. The number of hydrogen-bond acceptors (Lipinski definition) is 3. The van der Waals surface area contributed by atoms with Crippen LogP contribution in [-0.2, 0) is 14.3 Å². The molecule has 0 aromatic heterocycles. The summed E-state index contributed by atoms with van der Waals surface area (Å²) in [5.74, 6) is 0.123. The summed E-state index contributed by atoms with van der Waals surface area (Å²) in [7, 11) is 0. The van der Waals surface area contributed by atoms with Gasteiger partial charge in [-0.3, -0.25) is 9.59 Å². The Kier molecular flexibility index (Phi) is 6.30. The summed E-state index contributed by atoms with van der Waals surface area (Å²) in [6, 6.07) is 0. The van der Waals surface area contributed by atoms with Crippen molar-refractivity contribution in [3.05, 3.63) is 23.8 Å². The van der Waals surface area contributed by atoms with Gasteiger partial charge < -0.3 is 4.74 Å². The normalized spacial score (nSPS) is 15.4. The van der Waals surface area contributed by atoms with Crippen molar-refractivity contribution in [2.45, 2.75) is 45.4 Å². The van der Waals surface area contributed by atoms with Crippen molar-refractivity contribution in [1.82, 2.24) is 0 Å². The van der Waals surface area contributed by atoms with E-state index in [0.717, 1.165) is 31.3 Å². The van der Waals surface area contributed by atoms with Crippen LogP contribution >= 0.6 is 0 Å². The van der Waals surface area contributed by atoms with Gasteiger partial charge in [-0.25, -0.2) is 0 Å². The fraction of sp³-hybridized carbons (Fsp3) is 0.571. The highest BCUT2D eigenvalue weighted by Gasteiger charge is 2.11. The van der Waals surface area contributed by atoms with Crippen molar-refractivity contribution in [1.29, 1.82) is 0 Å². The van der Waals surface area contributed by atoms with E-state index < -0.39 is 0 Å². The van der Waals surface area contributed by atoms with E-state index in [2.05, 4.69) is 0 Å². The summed E-state index contributed by atoms with van der Waals surface area (Å²) >= 11 is 0. The van der Waals surface area contributed by atoms with Gasteiger partial charge in [0.15, 0.2) is 5.78 Å². The summed E-state index contributed by atoms with van der Waals surface area (Å²) in [6.07, 6.45) is 10.6. The molecule has 94 valence electrons. The first-order valence-electron chi connectivity index (χ1n) is 6.29. The number of rotatable bonds is 7. The molecule has 0 aromatic rings. The lowest BCUT2D eigenvalue weighted by Gasteiger charge is -2.00. The fourth-order valence-corrected chi connectivity index (χ4v) is 1.75. The van der Waals surface area contributed by atoms with E-state index in [9.17, 15) is 9.59 Å². The molecule has 1 aliphatic rings. The van der Waals surface area contributed by atoms with E-state index in [-0.39, 0.29) is 11.8 Å². The standard InChI is InChI=1S/C14H20O3/c1-2-17-14(16)11-6-4-3-5-8-12-9-7-10-13(12)15/h5,8-9H,2-4,6-7,10-11H2,1H3. The zero-order chi connectivity index (χ0) is 12.5. The summed E-state index contributed by atoms with van der Waals surface area (Å²) < 4.78 is 4.83. The van der Waals surface area contributed by atoms with Gasteiger partial charge in [-0.05, 0) is 32.6 Å². The highest BCUT2D eigenvalue weighted by molar-refractivity contribution is 6.00. The van der Waals surface area contributed by atoms with Crippen LogP contribution in [0.1, 0.15) is 45.4 Å². The lowest BCUT2D eigenvalue weighted by molar-refractivity contribution is -0.143. The van der Waals surface area contributed by atoms with Gasteiger partial charge in [0.1, 0.15) is 0 Å². The molecule has 0 heterocycles. The first-order valence-corrected chi connectivity index (χ1v) is 6.29. The number of carbonyl (C=O) groups excluding carboxylic acids is 2. The van der Waals surface area contributed by atoms with E-state index in [0.29, 0.717) is 19.4 Å². The molecule has 3 nitrogen and oxygen atoms in total. The molecule has 0 fully saturated rings. The van der Waals surface area contributed by atoms with Crippen molar-refractivity contribution in [3.8, 4) is 0 Å². The van der Waals surface area contributed by atoms with Crippen LogP contribution in [0, 0.1) is 0 Å². The third-order valence-electron chi connectivity index (χ3n) is 2.66. The smallest absolute Gasteiger partial charge is 0.305 e. The SMILES string of the molecule is CCOC(=O)CCCCC=CC1=CCCC1=O. The molecule has 0 spiro atoms. The highest BCUT2D eigenvalue weighted by atomic mass is 16.5. The minimum atomic E-state index is -0.120. The summed E-state index contributed by atoms with van der Waals surface area (Å²) in [6.45, 7) is 2.27. The topological polar surface area (TPSA) is 43.4 Å². The summed E-state index contributed by atoms with van der Waals surface area (Å²) in [5, 5.41) is 0. The first-order chi connectivity index (χ1) is 8.24. The third-order valence-corrected chi connectivity index (χ3v) is 2.66. The predicted octanol–water partition coefficient (Wildman–Crippen LogP) is 2.96. The molecule has 0 bridgehead atoms. The van der Waals surface area contributed by atoms with Crippen molar-refractivity contribution < 1.29 is 14.3 Å². The Morgan fingerprint density at radius 3 is 2.94 bits per heavy atom. The minimum Gasteiger partial charge on any atom is -0.466 e. The van der Waals surface area contributed by atoms with Crippen molar-refractivity contribution in [2.24, 2.45) is 0 Å². The van der Waals surface area contributed by atoms with Gasteiger partial charge >= 0.3 is 5.97 Å². The van der Waals surface area contributed by atoms with Crippen LogP contribution in [0.4, 0.5) is 0 Å². The molecule has 1 rings (SSSR count). The molecule has 0 aromatic carbocycles. The molecular formula is C14H20O3. The largest absolute Gasteiger partial charge is 0.466 e. The van der Waals surface area contributed by atoms with Crippen LogP contribution in [0.3, 0.4) is 0 Å². The molecule has 0 radical (unpaired) electrons. The van der Waals surface area contributed by atoms with Crippen LogP contribution in [0.15, 0.2) is 23.8 Å². The predicted molar refractivity (Wildman–Crippen MR) is 66.6 cm³/mol. The average molecular weight is 236 g/mol. The van der Waals surface area contributed by atoms with E-state index >= 15 is 0 Å². The lowest BCUT2D eigenvalue weighted by atomic mass is 10.1. The first kappa shape index (κ1) is 13.7. The Balaban J connectivity index is 2.06. The molecule has 0 saturated carbocycles. The van der Waals surface area contributed by atoms with E-state index in [1.807, 2.05) is 25.2 Å².